The Morgan fingerprint density at radius 2 is 1.96 bits per heavy atom. The summed E-state index contributed by atoms with van der Waals surface area (Å²) in [6.07, 6.45) is 5.42. The van der Waals surface area contributed by atoms with Crippen LogP contribution in [0.2, 0.25) is 0 Å². The zero-order valence-corrected chi connectivity index (χ0v) is 15.2. The second-order valence-corrected chi connectivity index (χ2v) is 6.07. The molecule has 0 radical (unpaired) electrons. The minimum absolute atomic E-state index is 0.259. The fourth-order valence-corrected chi connectivity index (χ4v) is 2.13. The van der Waals surface area contributed by atoms with E-state index >= 15 is 0 Å². The summed E-state index contributed by atoms with van der Waals surface area (Å²) in [4.78, 5) is 23.4. The molecule has 1 aromatic carbocycles. The molecule has 0 aromatic heterocycles. The number of ether oxygens (including phenoxy) is 2. The van der Waals surface area contributed by atoms with Crippen molar-refractivity contribution in [2.45, 2.75) is 33.6 Å². The lowest BCUT2D eigenvalue weighted by Crippen LogP contribution is -2.08. The number of benzene rings is 1. The molecule has 0 saturated carbocycles. The van der Waals surface area contributed by atoms with E-state index in [0.717, 1.165) is 12.5 Å². The van der Waals surface area contributed by atoms with Crippen molar-refractivity contribution in [3.63, 3.8) is 0 Å². The smallest absolute Gasteiger partial charge is 0.328 e. The molecule has 25 heavy (non-hydrogen) atoms. The molecule has 0 heterocycles. The second kappa shape index (κ2) is 10.3. The van der Waals surface area contributed by atoms with E-state index in [1.165, 1.54) is 13.2 Å². The van der Waals surface area contributed by atoms with E-state index in [9.17, 15) is 9.59 Å². The molecule has 0 aliphatic heterocycles. The maximum absolute atomic E-state index is 12.6. The number of ketones is 1. The van der Waals surface area contributed by atoms with Crippen LogP contribution in [0.1, 0.15) is 44.0 Å². The topological polar surface area (TPSA) is 72.8 Å². The number of rotatable bonds is 10. The lowest BCUT2D eigenvalue weighted by Gasteiger charge is -2.13. The van der Waals surface area contributed by atoms with E-state index in [2.05, 4.69) is 0 Å². The predicted octanol–water partition coefficient (Wildman–Crippen LogP) is 4.28. The third-order valence-electron chi connectivity index (χ3n) is 3.32. The quantitative estimate of drug-likeness (QED) is 0.389. The van der Waals surface area contributed by atoms with E-state index < -0.39 is 5.97 Å². The largest absolute Gasteiger partial charge is 0.497 e. The van der Waals surface area contributed by atoms with Crippen molar-refractivity contribution >= 4 is 11.8 Å². The van der Waals surface area contributed by atoms with Gasteiger partial charge in [-0.15, -0.1) is 0 Å². The summed E-state index contributed by atoms with van der Waals surface area (Å²) in [5.41, 5.74) is 0.985. The van der Waals surface area contributed by atoms with Crippen molar-refractivity contribution in [3.05, 3.63) is 47.6 Å². The van der Waals surface area contributed by atoms with Gasteiger partial charge in [-0.2, -0.15) is 0 Å². The van der Waals surface area contributed by atoms with Crippen LogP contribution in [0.15, 0.2) is 42.0 Å². The van der Waals surface area contributed by atoms with Crippen LogP contribution >= 0.6 is 0 Å². The highest BCUT2D eigenvalue weighted by atomic mass is 16.5. The van der Waals surface area contributed by atoms with Gasteiger partial charge in [0, 0.05) is 6.08 Å². The molecule has 5 nitrogen and oxygen atoms in total. The minimum atomic E-state index is -1.03. The SMILES string of the molecule is CCCC(/C=C/C(=O)c1cc(OC)ccc1OCC(C)C)=C\C(=O)O. The van der Waals surface area contributed by atoms with Gasteiger partial charge in [0.1, 0.15) is 11.5 Å². The zero-order valence-electron chi connectivity index (χ0n) is 15.2. The van der Waals surface area contributed by atoms with Crippen molar-refractivity contribution in [1.82, 2.24) is 0 Å². The monoisotopic (exact) mass is 346 g/mol. The number of allylic oxidation sites excluding steroid dienone is 3. The lowest BCUT2D eigenvalue weighted by atomic mass is 10.1. The normalized spacial score (nSPS) is 11.8. The molecule has 0 bridgehead atoms. The molecule has 0 fully saturated rings. The van der Waals surface area contributed by atoms with Gasteiger partial charge < -0.3 is 14.6 Å². The first-order valence-corrected chi connectivity index (χ1v) is 8.34. The number of carboxylic acid groups (broad SMARTS) is 1. The summed E-state index contributed by atoms with van der Waals surface area (Å²) >= 11 is 0. The number of carbonyl (C=O) groups is 2. The van der Waals surface area contributed by atoms with Crippen LogP contribution in [0, 0.1) is 5.92 Å². The highest BCUT2D eigenvalue weighted by molar-refractivity contribution is 6.07. The van der Waals surface area contributed by atoms with Crippen molar-refractivity contribution in [1.29, 1.82) is 0 Å². The van der Waals surface area contributed by atoms with Gasteiger partial charge in [-0.25, -0.2) is 4.79 Å². The highest BCUT2D eigenvalue weighted by Crippen LogP contribution is 2.26. The van der Waals surface area contributed by atoms with Crippen LogP contribution < -0.4 is 9.47 Å². The number of hydrogen-bond acceptors (Lipinski definition) is 4. The number of carboxylic acids is 1. The molecule has 0 saturated heterocycles. The van der Waals surface area contributed by atoms with Gasteiger partial charge in [0.05, 0.1) is 19.3 Å². The lowest BCUT2D eigenvalue weighted by molar-refractivity contribution is -0.131. The zero-order chi connectivity index (χ0) is 18.8. The van der Waals surface area contributed by atoms with Crippen LogP contribution in [0.4, 0.5) is 0 Å². The molecule has 5 heteroatoms. The molecule has 0 atom stereocenters. The van der Waals surface area contributed by atoms with E-state index in [-0.39, 0.29) is 5.78 Å². The molecule has 0 aliphatic rings. The Kier molecular flexibility index (Phi) is 8.47. The minimum Gasteiger partial charge on any atom is -0.497 e. The van der Waals surface area contributed by atoms with E-state index in [0.29, 0.717) is 41.6 Å². The van der Waals surface area contributed by atoms with Gasteiger partial charge >= 0.3 is 5.97 Å². The molecule has 0 spiro atoms. The molecule has 0 unspecified atom stereocenters. The van der Waals surface area contributed by atoms with Gasteiger partial charge in [-0.1, -0.05) is 33.3 Å². The average Bonchev–Trinajstić information content (AvgIpc) is 2.57. The van der Waals surface area contributed by atoms with Gasteiger partial charge in [0.15, 0.2) is 5.78 Å². The van der Waals surface area contributed by atoms with Crippen LogP contribution in [0.25, 0.3) is 0 Å². The van der Waals surface area contributed by atoms with Crippen molar-refractivity contribution in [3.8, 4) is 11.5 Å². The van der Waals surface area contributed by atoms with Gasteiger partial charge in [-0.05, 0) is 42.2 Å². The maximum atomic E-state index is 12.6. The fraction of sp³-hybridized carbons (Fsp3) is 0.400. The van der Waals surface area contributed by atoms with Crippen LogP contribution in [0.3, 0.4) is 0 Å². The Morgan fingerprint density at radius 1 is 1.24 bits per heavy atom. The summed E-state index contributed by atoms with van der Waals surface area (Å²) in [6.45, 7) is 6.50. The number of hydrogen-bond donors (Lipinski definition) is 1. The van der Waals surface area contributed by atoms with E-state index in [1.807, 2.05) is 20.8 Å². The highest BCUT2D eigenvalue weighted by Gasteiger charge is 2.13. The second-order valence-electron chi connectivity index (χ2n) is 6.07. The Hall–Kier alpha value is -2.56. The number of carbonyl (C=O) groups excluding carboxylic acids is 1. The van der Waals surface area contributed by atoms with Crippen LogP contribution in [0.5, 0.6) is 11.5 Å². The molecule has 1 rings (SSSR count). The molecule has 0 aliphatic carbocycles. The van der Waals surface area contributed by atoms with Crippen molar-refractivity contribution < 1.29 is 24.2 Å². The Balaban J connectivity index is 3.08. The summed E-state index contributed by atoms with van der Waals surface area (Å²) in [6, 6.07) is 5.08. The average molecular weight is 346 g/mol. The fourth-order valence-electron chi connectivity index (χ4n) is 2.13. The van der Waals surface area contributed by atoms with Crippen molar-refractivity contribution in [2.24, 2.45) is 5.92 Å². The molecule has 0 amide bonds. The first kappa shape index (κ1) is 20.5. The summed E-state index contributed by atoms with van der Waals surface area (Å²) < 4.78 is 10.9. The summed E-state index contributed by atoms with van der Waals surface area (Å²) in [7, 11) is 1.53. The summed E-state index contributed by atoms with van der Waals surface area (Å²) in [5.74, 6) is 0.0927. The van der Waals surface area contributed by atoms with Gasteiger partial charge in [0.25, 0.3) is 0 Å². The first-order valence-electron chi connectivity index (χ1n) is 8.34. The Morgan fingerprint density at radius 3 is 2.52 bits per heavy atom. The Bertz CT molecular complexity index is 656. The van der Waals surface area contributed by atoms with E-state index in [4.69, 9.17) is 14.6 Å². The molecular formula is C20H26O5. The molecule has 1 aromatic rings. The summed E-state index contributed by atoms with van der Waals surface area (Å²) in [5, 5.41) is 8.90. The van der Waals surface area contributed by atoms with Crippen molar-refractivity contribution in [2.75, 3.05) is 13.7 Å². The maximum Gasteiger partial charge on any atom is 0.328 e. The molecular weight excluding hydrogens is 320 g/mol. The van der Waals surface area contributed by atoms with E-state index in [1.54, 1.807) is 24.3 Å². The standard InChI is InChI=1S/C20H26O5/c1-5-6-15(11-20(22)23)7-9-18(21)17-12-16(24-4)8-10-19(17)25-13-14(2)3/h7-12,14H,5-6,13H2,1-4H3,(H,22,23)/b9-7+,15-11+. The van der Waals surface area contributed by atoms with Gasteiger partial charge in [0.2, 0.25) is 0 Å². The molecule has 136 valence electrons. The third kappa shape index (κ3) is 7.25. The van der Waals surface area contributed by atoms with Gasteiger partial charge in [-0.3, -0.25) is 4.79 Å². The van der Waals surface area contributed by atoms with Crippen LogP contribution in [-0.2, 0) is 4.79 Å². The number of methoxy groups -OCH3 is 1. The predicted molar refractivity (Wildman–Crippen MR) is 97.4 cm³/mol. The molecule has 1 N–H and O–H groups in total. The first-order chi connectivity index (χ1) is 11.9. The van der Waals surface area contributed by atoms with Crippen LogP contribution in [-0.4, -0.2) is 30.6 Å². The number of aliphatic carboxylic acids is 1. The Labute approximate surface area is 149 Å². The third-order valence-corrected chi connectivity index (χ3v) is 3.32.